The molecule has 0 radical (unpaired) electrons. The fourth-order valence-electron chi connectivity index (χ4n) is 2.32. The van der Waals surface area contributed by atoms with Crippen molar-refractivity contribution < 1.29 is 9.66 Å². The predicted octanol–water partition coefficient (Wildman–Crippen LogP) is 3.52. The smallest absolute Gasteiger partial charge is 0.295 e. The topological polar surface area (TPSA) is 104 Å². The van der Waals surface area contributed by atoms with Crippen molar-refractivity contribution in [3.8, 4) is 17.1 Å². The average Bonchev–Trinajstić information content (AvgIpc) is 2.61. The minimum absolute atomic E-state index is 0.106. The van der Waals surface area contributed by atoms with E-state index < -0.39 is 4.92 Å². The molecule has 0 saturated heterocycles. The Hall–Kier alpha value is -3.48. The molecule has 1 aromatic carbocycles. The Bertz CT molecular complexity index is 928. The third kappa shape index (κ3) is 3.89. The molecule has 0 saturated carbocycles. The number of anilines is 1. The van der Waals surface area contributed by atoms with Gasteiger partial charge in [-0.05, 0) is 54.4 Å². The second kappa shape index (κ2) is 6.96. The first-order chi connectivity index (χ1) is 12.0. The predicted molar refractivity (Wildman–Crippen MR) is 94.0 cm³/mol. The van der Waals surface area contributed by atoms with Gasteiger partial charge < -0.3 is 10.5 Å². The molecule has 0 fully saturated rings. The number of nitrogens with zero attached hydrogens (tertiary/aromatic N) is 3. The highest BCUT2D eigenvalue weighted by atomic mass is 16.6. The summed E-state index contributed by atoms with van der Waals surface area (Å²) in [5.41, 5.74) is 9.03. The van der Waals surface area contributed by atoms with Crippen molar-refractivity contribution in [3.05, 3.63) is 76.1 Å². The van der Waals surface area contributed by atoms with Gasteiger partial charge >= 0.3 is 0 Å². The Kier molecular flexibility index (Phi) is 4.56. The monoisotopic (exact) mass is 336 g/mol. The van der Waals surface area contributed by atoms with Crippen LogP contribution in [0.4, 0.5) is 11.4 Å². The van der Waals surface area contributed by atoms with Crippen molar-refractivity contribution in [2.45, 2.75) is 13.5 Å². The van der Waals surface area contributed by atoms with Gasteiger partial charge in [-0.1, -0.05) is 0 Å². The van der Waals surface area contributed by atoms with Gasteiger partial charge in [0.25, 0.3) is 5.69 Å². The number of aryl methyl sites for hydroxylation is 1. The van der Waals surface area contributed by atoms with Gasteiger partial charge in [0.1, 0.15) is 18.0 Å². The number of hydrogen-bond acceptors (Lipinski definition) is 6. The first kappa shape index (κ1) is 16.4. The summed E-state index contributed by atoms with van der Waals surface area (Å²) in [7, 11) is 0. The highest BCUT2D eigenvalue weighted by Gasteiger charge is 2.12. The van der Waals surface area contributed by atoms with E-state index in [1.807, 2.05) is 31.2 Å². The van der Waals surface area contributed by atoms with E-state index in [1.165, 1.54) is 12.1 Å². The summed E-state index contributed by atoms with van der Waals surface area (Å²) in [5, 5.41) is 10.9. The maximum Gasteiger partial charge on any atom is 0.295 e. The molecule has 0 atom stereocenters. The fourth-order valence-corrected chi connectivity index (χ4v) is 2.32. The fraction of sp³-hybridized carbons (Fsp3) is 0.111. The zero-order valence-electron chi connectivity index (χ0n) is 13.5. The van der Waals surface area contributed by atoms with Crippen LogP contribution in [-0.2, 0) is 6.61 Å². The molecule has 0 aliphatic heterocycles. The maximum atomic E-state index is 10.9. The second-order valence-corrected chi connectivity index (χ2v) is 5.53. The van der Waals surface area contributed by atoms with Crippen molar-refractivity contribution in [3.63, 3.8) is 0 Å². The van der Waals surface area contributed by atoms with E-state index >= 15 is 0 Å². The van der Waals surface area contributed by atoms with Crippen LogP contribution >= 0.6 is 0 Å². The van der Waals surface area contributed by atoms with Gasteiger partial charge in [0.2, 0.25) is 0 Å². The van der Waals surface area contributed by atoms with Crippen LogP contribution < -0.4 is 10.5 Å². The van der Waals surface area contributed by atoms with Gasteiger partial charge in [-0.25, -0.2) is 0 Å². The summed E-state index contributed by atoms with van der Waals surface area (Å²) in [6.45, 7) is 2.24. The SMILES string of the molecule is Cc1ccnc(-c2cc(COc3ccc(N)c([N+](=O)[O-])c3)ccn2)c1. The van der Waals surface area contributed by atoms with E-state index in [0.29, 0.717) is 5.75 Å². The zero-order chi connectivity index (χ0) is 17.8. The number of nitro groups is 1. The van der Waals surface area contributed by atoms with Gasteiger partial charge in [-0.2, -0.15) is 0 Å². The van der Waals surface area contributed by atoms with E-state index in [2.05, 4.69) is 9.97 Å². The summed E-state index contributed by atoms with van der Waals surface area (Å²) >= 11 is 0. The molecule has 25 heavy (non-hydrogen) atoms. The van der Waals surface area contributed by atoms with E-state index in [9.17, 15) is 10.1 Å². The quantitative estimate of drug-likeness (QED) is 0.434. The molecular formula is C18H16N4O3. The zero-order valence-corrected chi connectivity index (χ0v) is 13.5. The number of benzene rings is 1. The molecule has 0 aliphatic carbocycles. The number of pyridine rings is 2. The summed E-state index contributed by atoms with van der Waals surface area (Å²) in [6, 6.07) is 12.0. The van der Waals surface area contributed by atoms with Crippen molar-refractivity contribution >= 4 is 11.4 Å². The molecule has 0 amide bonds. The molecule has 2 N–H and O–H groups in total. The lowest BCUT2D eigenvalue weighted by molar-refractivity contribution is -0.384. The third-order valence-corrected chi connectivity index (χ3v) is 3.61. The minimum atomic E-state index is -0.532. The van der Waals surface area contributed by atoms with Crippen LogP contribution in [0.1, 0.15) is 11.1 Å². The van der Waals surface area contributed by atoms with Gasteiger partial charge in [-0.3, -0.25) is 20.1 Å². The molecule has 7 heteroatoms. The molecular weight excluding hydrogens is 320 g/mol. The molecule has 3 rings (SSSR count). The first-order valence-corrected chi connectivity index (χ1v) is 7.57. The van der Waals surface area contributed by atoms with Gasteiger partial charge in [-0.15, -0.1) is 0 Å². The van der Waals surface area contributed by atoms with Gasteiger partial charge in [0.05, 0.1) is 22.4 Å². The van der Waals surface area contributed by atoms with E-state index in [0.717, 1.165) is 22.5 Å². The number of nitro benzene ring substituents is 1. The van der Waals surface area contributed by atoms with Crippen LogP contribution in [0.3, 0.4) is 0 Å². The molecule has 0 aliphatic rings. The Morgan fingerprint density at radius 3 is 2.52 bits per heavy atom. The minimum Gasteiger partial charge on any atom is -0.489 e. The molecule has 3 aromatic rings. The molecule has 2 aromatic heterocycles. The summed E-state index contributed by atoms with van der Waals surface area (Å²) < 4.78 is 5.64. The summed E-state index contributed by atoms with van der Waals surface area (Å²) in [4.78, 5) is 19.0. The molecule has 126 valence electrons. The molecule has 0 spiro atoms. The Balaban J connectivity index is 1.77. The summed E-state index contributed by atoms with van der Waals surface area (Å²) in [5.74, 6) is 0.382. The Morgan fingerprint density at radius 2 is 1.80 bits per heavy atom. The number of nitrogen functional groups attached to an aromatic ring is 1. The highest BCUT2D eigenvalue weighted by molar-refractivity contribution is 5.60. The lowest BCUT2D eigenvalue weighted by Crippen LogP contribution is -2.00. The van der Waals surface area contributed by atoms with Gasteiger partial charge in [0, 0.05) is 12.4 Å². The summed E-state index contributed by atoms with van der Waals surface area (Å²) in [6.07, 6.45) is 3.42. The number of hydrogen-bond donors (Lipinski definition) is 1. The largest absolute Gasteiger partial charge is 0.489 e. The first-order valence-electron chi connectivity index (χ1n) is 7.57. The lowest BCUT2D eigenvalue weighted by Gasteiger charge is -2.08. The maximum absolute atomic E-state index is 10.9. The normalized spacial score (nSPS) is 10.4. The average molecular weight is 336 g/mol. The number of rotatable bonds is 5. The van der Waals surface area contributed by atoms with E-state index in [-0.39, 0.29) is 18.0 Å². The van der Waals surface area contributed by atoms with E-state index in [4.69, 9.17) is 10.5 Å². The van der Waals surface area contributed by atoms with Crippen LogP contribution in [0.25, 0.3) is 11.4 Å². The van der Waals surface area contributed by atoms with Crippen LogP contribution in [0.15, 0.2) is 54.9 Å². The highest BCUT2D eigenvalue weighted by Crippen LogP contribution is 2.27. The second-order valence-electron chi connectivity index (χ2n) is 5.53. The standard InChI is InChI=1S/C18H16N4O3/c1-12-4-6-20-16(8-12)17-9-13(5-7-21-17)11-25-14-2-3-15(19)18(10-14)22(23)24/h2-10H,11,19H2,1H3. The lowest BCUT2D eigenvalue weighted by atomic mass is 10.1. The van der Waals surface area contributed by atoms with Crippen molar-refractivity contribution in [2.75, 3.05) is 5.73 Å². The van der Waals surface area contributed by atoms with Crippen LogP contribution in [-0.4, -0.2) is 14.9 Å². The molecule has 0 bridgehead atoms. The third-order valence-electron chi connectivity index (χ3n) is 3.61. The van der Waals surface area contributed by atoms with Crippen molar-refractivity contribution in [1.29, 1.82) is 0 Å². The molecule has 7 nitrogen and oxygen atoms in total. The van der Waals surface area contributed by atoms with Gasteiger partial charge in [0.15, 0.2) is 0 Å². The van der Waals surface area contributed by atoms with Crippen LogP contribution in [0, 0.1) is 17.0 Å². The molecule has 0 unspecified atom stereocenters. The van der Waals surface area contributed by atoms with E-state index in [1.54, 1.807) is 18.5 Å². The van der Waals surface area contributed by atoms with Crippen LogP contribution in [0.2, 0.25) is 0 Å². The number of ether oxygens (including phenoxy) is 1. The molecule has 2 heterocycles. The van der Waals surface area contributed by atoms with Crippen molar-refractivity contribution in [1.82, 2.24) is 9.97 Å². The van der Waals surface area contributed by atoms with Crippen LogP contribution in [0.5, 0.6) is 5.75 Å². The number of aromatic nitrogens is 2. The Morgan fingerprint density at radius 1 is 1.08 bits per heavy atom. The Labute approximate surface area is 144 Å². The van der Waals surface area contributed by atoms with Crippen molar-refractivity contribution in [2.24, 2.45) is 0 Å². The number of nitrogens with two attached hydrogens (primary N) is 1.